The van der Waals surface area contributed by atoms with Crippen molar-refractivity contribution in [2.45, 2.75) is 49.7 Å². The number of hydrogen-bond donors (Lipinski definition) is 0. The van der Waals surface area contributed by atoms with Gasteiger partial charge >= 0.3 is 5.63 Å². The van der Waals surface area contributed by atoms with Gasteiger partial charge < -0.3 is 13.9 Å². The van der Waals surface area contributed by atoms with Crippen molar-refractivity contribution in [2.75, 3.05) is 13.7 Å². The first-order chi connectivity index (χ1) is 17.0. The highest BCUT2D eigenvalue weighted by molar-refractivity contribution is 7.98. The molecule has 7 nitrogen and oxygen atoms in total. The Hall–Kier alpha value is -3.17. The summed E-state index contributed by atoms with van der Waals surface area (Å²) in [5.41, 5.74) is 3.75. The van der Waals surface area contributed by atoms with Crippen LogP contribution in [0, 0.1) is 5.82 Å². The van der Waals surface area contributed by atoms with Crippen molar-refractivity contribution in [3.8, 4) is 5.75 Å². The minimum Gasteiger partial charge on any atom is -0.483 e. The molecule has 0 saturated heterocycles. The largest absolute Gasteiger partial charge is 0.483 e. The predicted octanol–water partition coefficient (Wildman–Crippen LogP) is 5.09. The van der Waals surface area contributed by atoms with Crippen molar-refractivity contribution in [3.63, 3.8) is 0 Å². The molecule has 0 radical (unpaired) electrons. The number of rotatable bonds is 9. The van der Waals surface area contributed by atoms with E-state index in [0.717, 1.165) is 30.2 Å². The molecule has 5 rings (SSSR count). The van der Waals surface area contributed by atoms with E-state index in [9.17, 15) is 9.18 Å². The van der Waals surface area contributed by atoms with Crippen LogP contribution in [0.15, 0.2) is 56.8 Å². The molecule has 2 aromatic carbocycles. The smallest absolute Gasteiger partial charge is 0.336 e. The molecule has 0 amide bonds. The molecular weight excluding hydrogens is 469 g/mol. The molecule has 0 spiro atoms. The van der Waals surface area contributed by atoms with Gasteiger partial charge in [-0.15, -0.1) is 10.2 Å². The van der Waals surface area contributed by atoms with Crippen LogP contribution in [-0.4, -0.2) is 28.5 Å². The van der Waals surface area contributed by atoms with E-state index < -0.39 is 5.82 Å². The van der Waals surface area contributed by atoms with E-state index in [-0.39, 0.29) is 24.0 Å². The highest BCUT2D eigenvalue weighted by Gasteiger charge is 2.20. The first kappa shape index (κ1) is 23.6. The summed E-state index contributed by atoms with van der Waals surface area (Å²) >= 11 is 1.48. The first-order valence-corrected chi connectivity index (χ1v) is 12.5. The summed E-state index contributed by atoms with van der Waals surface area (Å²) in [5, 5.41) is 10.3. The third-order valence-electron chi connectivity index (χ3n) is 6.18. The zero-order valence-electron chi connectivity index (χ0n) is 19.6. The molecular formula is C26H26FN3O4S. The SMILES string of the molecule is COC[C@@H](C)n1c(COc2ccccc2F)nnc1SCc1cc(=O)oc2cc3c(cc12)CCC3. The van der Waals surface area contributed by atoms with Gasteiger partial charge in [0.25, 0.3) is 0 Å². The zero-order chi connectivity index (χ0) is 24.4. The Morgan fingerprint density at radius 2 is 1.97 bits per heavy atom. The van der Waals surface area contributed by atoms with E-state index in [4.69, 9.17) is 13.9 Å². The first-order valence-electron chi connectivity index (χ1n) is 11.5. The molecule has 0 bridgehead atoms. The van der Waals surface area contributed by atoms with Gasteiger partial charge in [0, 0.05) is 24.3 Å². The number of hydrogen-bond acceptors (Lipinski definition) is 7. The van der Waals surface area contributed by atoms with E-state index in [0.29, 0.717) is 28.9 Å². The van der Waals surface area contributed by atoms with Crippen LogP contribution in [0.25, 0.3) is 11.0 Å². The number of ether oxygens (including phenoxy) is 2. The highest BCUT2D eigenvalue weighted by Crippen LogP contribution is 2.32. The molecule has 1 aliphatic carbocycles. The summed E-state index contributed by atoms with van der Waals surface area (Å²) in [5.74, 6) is 0.813. The lowest BCUT2D eigenvalue weighted by Gasteiger charge is -2.17. The highest BCUT2D eigenvalue weighted by atomic mass is 32.2. The maximum atomic E-state index is 14.0. The van der Waals surface area contributed by atoms with Crippen molar-refractivity contribution < 1.29 is 18.3 Å². The predicted molar refractivity (Wildman–Crippen MR) is 131 cm³/mol. The molecule has 35 heavy (non-hydrogen) atoms. The van der Waals surface area contributed by atoms with E-state index >= 15 is 0 Å². The summed E-state index contributed by atoms with van der Waals surface area (Å²) in [4.78, 5) is 12.3. The molecule has 0 N–H and O–H groups in total. The second-order valence-corrected chi connectivity index (χ2v) is 9.58. The van der Waals surface area contributed by atoms with Crippen LogP contribution in [0.1, 0.15) is 41.9 Å². The number of halogens is 1. The van der Waals surface area contributed by atoms with Gasteiger partial charge in [0.1, 0.15) is 12.2 Å². The van der Waals surface area contributed by atoms with Gasteiger partial charge in [-0.05, 0) is 67.1 Å². The molecule has 0 unspecified atom stereocenters. The van der Waals surface area contributed by atoms with Crippen molar-refractivity contribution in [1.82, 2.24) is 14.8 Å². The van der Waals surface area contributed by atoms with Crippen molar-refractivity contribution in [1.29, 1.82) is 0 Å². The van der Waals surface area contributed by atoms with E-state index in [1.54, 1.807) is 31.4 Å². The Morgan fingerprint density at radius 3 is 2.77 bits per heavy atom. The molecule has 2 aromatic heterocycles. The Labute approximate surface area is 206 Å². The standard InChI is InChI=1S/C26H26FN3O4S/c1-16(13-32-2)30-24(14-33-22-9-4-3-8-21(22)27)28-29-26(30)35-15-19-12-25(31)34-23-11-18-7-5-6-17(18)10-20(19)23/h3-4,8-12,16H,5-7,13-15H2,1-2H3/t16-/m1/s1. The number of benzene rings is 2. The van der Waals surface area contributed by atoms with Gasteiger partial charge in [-0.3, -0.25) is 4.57 Å². The third kappa shape index (κ3) is 4.97. The fraction of sp³-hybridized carbons (Fsp3) is 0.346. The van der Waals surface area contributed by atoms with Crippen molar-refractivity contribution in [2.24, 2.45) is 0 Å². The molecule has 0 fully saturated rings. The van der Waals surface area contributed by atoms with Crippen LogP contribution in [0.3, 0.4) is 0 Å². The summed E-state index contributed by atoms with van der Waals surface area (Å²) < 4.78 is 32.5. The molecule has 9 heteroatoms. The fourth-order valence-electron chi connectivity index (χ4n) is 4.52. The fourth-order valence-corrected chi connectivity index (χ4v) is 5.57. The second-order valence-electron chi connectivity index (χ2n) is 8.64. The number of nitrogens with zero attached hydrogens (tertiary/aromatic N) is 3. The molecule has 4 aromatic rings. The van der Waals surface area contributed by atoms with E-state index in [1.807, 2.05) is 17.6 Å². The number of aryl methyl sites for hydroxylation is 2. The third-order valence-corrected chi connectivity index (χ3v) is 7.17. The van der Waals surface area contributed by atoms with Gasteiger partial charge in [-0.25, -0.2) is 9.18 Å². The topological polar surface area (TPSA) is 79.4 Å². The summed E-state index contributed by atoms with van der Waals surface area (Å²) in [6, 6.07) is 11.9. The lowest BCUT2D eigenvalue weighted by molar-refractivity contribution is 0.154. The molecule has 0 aliphatic heterocycles. The average molecular weight is 496 g/mol. The van der Waals surface area contributed by atoms with E-state index in [1.165, 1.54) is 29.0 Å². The Bertz CT molecular complexity index is 1420. The summed E-state index contributed by atoms with van der Waals surface area (Å²) in [6.07, 6.45) is 3.19. The zero-order valence-corrected chi connectivity index (χ0v) is 20.4. The minimum atomic E-state index is -0.431. The Kier molecular flexibility index (Phi) is 6.88. The van der Waals surface area contributed by atoms with E-state index in [2.05, 4.69) is 16.3 Å². The lowest BCUT2D eigenvalue weighted by Crippen LogP contribution is -2.17. The van der Waals surface area contributed by atoms with Gasteiger partial charge in [0.2, 0.25) is 0 Å². The number of thioether (sulfide) groups is 1. The number of para-hydroxylation sites is 1. The van der Waals surface area contributed by atoms with Gasteiger partial charge in [-0.2, -0.15) is 0 Å². The molecule has 182 valence electrons. The van der Waals surface area contributed by atoms with Crippen LogP contribution >= 0.6 is 11.8 Å². The van der Waals surface area contributed by atoms with Gasteiger partial charge in [0.05, 0.1) is 12.6 Å². The van der Waals surface area contributed by atoms with Crippen molar-refractivity contribution in [3.05, 3.63) is 81.2 Å². The normalized spacial score (nSPS) is 13.8. The Balaban J connectivity index is 1.42. The summed E-state index contributed by atoms with van der Waals surface area (Å²) in [7, 11) is 1.64. The number of fused-ring (bicyclic) bond motifs is 2. The monoisotopic (exact) mass is 495 g/mol. The minimum absolute atomic E-state index is 0.0620. The molecule has 2 heterocycles. The molecule has 0 saturated carbocycles. The molecule has 1 aliphatic rings. The lowest BCUT2D eigenvalue weighted by atomic mass is 10.0. The van der Waals surface area contributed by atoms with Gasteiger partial charge in [0.15, 0.2) is 22.5 Å². The maximum Gasteiger partial charge on any atom is 0.336 e. The van der Waals surface area contributed by atoms with Crippen LogP contribution < -0.4 is 10.4 Å². The van der Waals surface area contributed by atoms with Gasteiger partial charge in [-0.1, -0.05) is 23.9 Å². The van der Waals surface area contributed by atoms with Crippen LogP contribution in [-0.2, 0) is 29.9 Å². The van der Waals surface area contributed by atoms with Crippen LogP contribution in [0.2, 0.25) is 0 Å². The summed E-state index contributed by atoms with van der Waals surface area (Å²) in [6.45, 7) is 2.51. The van der Waals surface area contributed by atoms with Crippen molar-refractivity contribution >= 4 is 22.7 Å². The molecule has 1 atom stereocenters. The van der Waals surface area contributed by atoms with Crippen LogP contribution in [0.4, 0.5) is 4.39 Å². The number of methoxy groups -OCH3 is 1. The average Bonchev–Trinajstić information content (AvgIpc) is 3.47. The second kappa shape index (κ2) is 10.2. The maximum absolute atomic E-state index is 14.0. The quantitative estimate of drug-likeness (QED) is 0.236. The Morgan fingerprint density at radius 1 is 1.17 bits per heavy atom. The number of aromatic nitrogens is 3. The van der Waals surface area contributed by atoms with Crippen LogP contribution in [0.5, 0.6) is 5.75 Å².